The molecule has 2 aromatic rings. The molecule has 17 nitrogen and oxygen atoms in total. The van der Waals surface area contributed by atoms with Crippen LogP contribution in [0.5, 0.6) is 11.6 Å². The quantitative estimate of drug-likeness (QED) is 0.106. The van der Waals surface area contributed by atoms with Gasteiger partial charge in [0.15, 0.2) is 0 Å². The molecule has 3 heterocycles. The van der Waals surface area contributed by atoms with E-state index in [4.69, 9.17) is 19.2 Å². The fraction of sp³-hybridized carbons (Fsp3) is 0.646. The Labute approximate surface area is 392 Å². The van der Waals surface area contributed by atoms with Crippen LogP contribution in [0.15, 0.2) is 49.1 Å². The summed E-state index contributed by atoms with van der Waals surface area (Å²) in [5.74, 6) is -2.07. The van der Waals surface area contributed by atoms with Crippen molar-refractivity contribution in [2.45, 2.75) is 164 Å². The Morgan fingerprint density at radius 2 is 1.76 bits per heavy atom. The van der Waals surface area contributed by atoms with Gasteiger partial charge in [-0.25, -0.2) is 18.2 Å². The molecule has 0 radical (unpaired) electrons. The van der Waals surface area contributed by atoms with E-state index in [-0.39, 0.29) is 55.8 Å². The van der Waals surface area contributed by atoms with E-state index >= 15 is 4.79 Å². The molecule has 1 saturated heterocycles. The number of fused-ring (bicyclic) bond motifs is 5. The van der Waals surface area contributed by atoms with Crippen molar-refractivity contribution < 1.29 is 56.2 Å². The average molecular weight is 968 g/mol. The zero-order chi connectivity index (χ0) is 47.7. The maximum absolute atomic E-state index is 15.2. The van der Waals surface area contributed by atoms with E-state index in [1.165, 1.54) is 11.0 Å². The first-order chi connectivity index (χ1) is 32.0. The van der Waals surface area contributed by atoms with Gasteiger partial charge >= 0.3 is 13.7 Å². The summed E-state index contributed by atoms with van der Waals surface area (Å²) in [6.45, 7) is 7.58. The zero-order valence-corrected chi connectivity index (χ0v) is 40.2. The molecule has 4 amide bonds. The number of hydrogen-bond donors (Lipinski definition) is 5. The monoisotopic (exact) mass is 967 g/mol. The molecular weight excluding hydrogens is 902 g/mol. The highest BCUT2D eigenvalue weighted by Gasteiger charge is 2.62. The summed E-state index contributed by atoms with van der Waals surface area (Å²) in [7, 11) is -8.33. The van der Waals surface area contributed by atoms with Crippen molar-refractivity contribution in [2.75, 3.05) is 12.7 Å². The molecule has 1 aromatic carbocycles. The number of nitrogens with zero attached hydrogens (tertiary/aromatic N) is 2. The van der Waals surface area contributed by atoms with Gasteiger partial charge in [0, 0.05) is 17.7 Å². The first-order valence-corrected chi connectivity index (χ1v) is 27.6. The highest BCUT2D eigenvalue weighted by Crippen LogP contribution is 2.47. The van der Waals surface area contributed by atoms with E-state index in [0.717, 1.165) is 32.1 Å². The normalized spacial score (nSPS) is 28.6. The van der Waals surface area contributed by atoms with Crippen LogP contribution in [0.25, 0.3) is 10.9 Å². The topological polar surface area (TPSA) is 240 Å². The predicted molar refractivity (Wildman–Crippen MR) is 250 cm³/mol. The summed E-state index contributed by atoms with van der Waals surface area (Å²) >= 11 is 0. The molecule has 2 bridgehead atoms. The van der Waals surface area contributed by atoms with Crippen LogP contribution in [0.3, 0.4) is 0 Å². The fourth-order valence-corrected chi connectivity index (χ4v) is 12.8. The lowest BCUT2D eigenvalue weighted by Gasteiger charge is -2.34. The summed E-state index contributed by atoms with van der Waals surface area (Å²) < 4.78 is 60.3. The zero-order valence-electron chi connectivity index (χ0n) is 38.5. The van der Waals surface area contributed by atoms with Crippen LogP contribution in [0.4, 0.5) is 4.79 Å². The molecule has 366 valence electrons. The number of nitrogens with one attached hydrogen (secondary N) is 3. The molecule has 0 spiro atoms. The molecular formula is C48H66N5O12PS. The Hall–Kier alpha value is -4.51. The number of hydrogen-bond acceptors (Lipinski definition) is 11. The fourth-order valence-electron chi connectivity index (χ4n) is 10.8. The minimum Gasteiger partial charge on any atom is -0.486 e. The molecule has 7 atom stereocenters. The lowest BCUT2D eigenvalue weighted by molar-refractivity contribution is -0.142. The van der Waals surface area contributed by atoms with Crippen LogP contribution in [-0.2, 0) is 40.1 Å². The van der Waals surface area contributed by atoms with Gasteiger partial charge in [0.1, 0.15) is 41.2 Å². The summed E-state index contributed by atoms with van der Waals surface area (Å²) in [6, 6.07) is 5.17. The molecule has 2 aliphatic heterocycles. The lowest BCUT2D eigenvalue weighted by atomic mass is 9.93. The molecule has 1 aromatic heterocycles. The highest BCUT2D eigenvalue weighted by molar-refractivity contribution is 7.91. The smallest absolute Gasteiger partial charge is 0.408 e. The third kappa shape index (κ3) is 10.9. The van der Waals surface area contributed by atoms with Crippen molar-refractivity contribution in [2.24, 2.45) is 17.8 Å². The van der Waals surface area contributed by atoms with Crippen LogP contribution in [-0.4, -0.2) is 105 Å². The Morgan fingerprint density at radius 1 is 1.03 bits per heavy atom. The first kappa shape index (κ1) is 48.9. The third-order valence-electron chi connectivity index (χ3n) is 15.2. The number of carbonyl (C=O) groups excluding carboxylic acids is 4. The van der Waals surface area contributed by atoms with Gasteiger partial charge < -0.3 is 39.5 Å². The summed E-state index contributed by atoms with van der Waals surface area (Å²) in [5.41, 5.74) is -1.45. The van der Waals surface area contributed by atoms with Crippen LogP contribution < -0.4 is 24.8 Å². The van der Waals surface area contributed by atoms with Gasteiger partial charge in [-0.05, 0) is 114 Å². The number of para-hydroxylation sites is 1. The van der Waals surface area contributed by atoms with Crippen LogP contribution in [0, 0.1) is 17.8 Å². The van der Waals surface area contributed by atoms with Gasteiger partial charge in [-0.3, -0.25) is 23.7 Å². The Balaban J connectivity index is 1.19. The van der Waals surface area contributed by atoms with E-state index in [2.05, 4.69) is 28.0 Å². The van der Waals surface area contributed by atoms with Crippen molar-refractivity contribution in [3.8, 4) is 11.6 Å². The lowest BCUT2D eigenvalue weighted by Crippen LogP contribution is -2.59. The Morgan fingerprint density at radius 3 is 2.45 bits per heavy atom. The molecule has 0 unspecified atom stereocenters. The summed E-state index contributed by atoms with van der Waals surface area (Å²) in [5, 5.41) is 5.80. The number of pyridine rings is 1. The largest absolute Gasteiger partial charge is 0.486 e. The molecule has 67 heavy (non-hydrogen) atoms. The minimum atomic E-state index is -4.38. The summed E-state index contributed by atoms with van der Waals surface area (Å²) in [4.78, 5) is 83.8. The van der Waals surface area contributed by atoms with Gasteiger partial charge in [-0.2, -0.15) is 0 Å². The van der Waals surface area contributed by atoms with Gasteiger partial charge in [-0.1, -0.05) is 57.0 Å². The SMILES string of the molecule is C=C[C@@H]1C[C@]1(NC(=O)[C@@H]1C[C@@H]2CN1C(=O)[C@H](C1CCCC1)NC(=O)O[C@@H]1CCC[C@H]1CCC=CCc1c(nc3ccccc3c1OC(CC)(CC)CCP(=O)(O)O)O2)C(=O)NS(=O)(=O)C1CC1. The van der Waals surface area contributed by atoms with Crippen molar-refractivity contribution in [3.63, 3.8) is 0 Å². The Kier molecular flexibility index (Phi) is 14.5. The number of carbonyl (C=O) groups is 4. The van der Waals surface area contributed by atoms with Crippen molar-refractivity contribution in [1.82, 2.24) is 25.2 Å². The number of sulfonamides is 1. The van der Waals surface area contributed by atoms with E-state index in [1.54, 1.807) is 0 Å². The maximum Gasteiger partial charge on any atom is 0.408 e. The van der Waals surface area contributed by atoms with Crippen molar-refractivity contribution >= 4 is 52.3 Å². The second kappa shape index (κ2) is 19.8. The Bertz CT molecular complexity index is 2410. The van der Waals surface area contributed by atoms with Gasteiger partial charge in [0.2, 0.25) is 27.7 Å². The van der Waals surface area contributed by atoms with Crippen LogP contribution in [0.2, 0.25) is 0 Å². The number of alkyl carbamates (subject to hydrolysis) is 1. The van der Waals surface area contributed by atoms with Gasteiger partial charge in [-0.15, -0.1) is 6.58 Å². The van der Waals surface area contributed by atoms with Crippen LogP contribution in [0.1, 0.15) is 122 Å². The molecule has 8 rings (SSSR count). The average Bonchev–Trinajstić information content (AvgIpc) is 4.09. The van der Waals surface area contributed by atoms with Gasteiger partial charge in [0.25, 0.3) is 5.91 Å². The second-order valence-electron chi connectivity index (χ2n) is 19.6. The van der Waals surface area contributed by atoms with Gasteiger partial charge in [0.05, 0.1) is 29.0 Å². The molecule has 4 saturated carbocycles. The van der Waals surface area contributed by atoms with Crippen molar-refractivity contribution in [1.29, 1.82) is 0 Å². The number of amides is 4. The minimum absolute atomic E-state index is 0.0455. The standard InChI is InChI=1S/C48H66N5O12PS/c1-4-32-28-48(32,45(56)52-67(61,62)34-23-24-34)51-42(54)38-27-33-29-53(38)44(55)40(31-16-10-11-17-31)50-46(57)64-39-22-14-18-30(39)15-8-7-9-20-36-41(35-19-12-13-21-37(35)49-43(36)63-33)65-47(5-2,6-3)25-26-66(58,59)60/h4,7,9,12-13,19,21,30-34,38-40H,1,5-6,8,10-11,14-18,20,22-29H2,2-3H3,(H,50,57)(H,51,54)(H,52,56)(H2,58,59,60)/t30-,32-,33-,38+,39-,40+,48-/m1/s1. The highest BCUT2D eigenvalue weighted by atomic mass is 32.2. The van der Waals surface area contributed by atoms with E-state index < -0.39 is 81.9 Å². The number of aromatic nitrogens is 1. The predicted octanol–water partition coefficient (Wildman–Crippen LogP) is 6.10. The van der Waals surface area contributed by atoms with E-state index in [0.29, 0.717) is 80.0 Å². The third-order valence-corrected chi connectivity index (χ3v) is 17.8. The maximum atomic E-state index is 15.2. The number of rotatable bonds is 14. The molecule has 6 aliphatic rings. The molecule has 5 N–H and O–H groups in total. The number of ether oxygens (including phenoxy) is 3. The first-order valence-electron chi connectivity index (χ1n) is 24.2. The summed E-state index contributed by atoms with van der Waals surface area (Å²) in [6.07, 6.45) is 12.6. The van der Waals surface area contributed by atoms with E-state index in [1.807, 2.05) is 44.2 Å². The number of allylic oxidation sites excluding steroid dienone is 2. The molecule has 19 heteroatoms. The second-order valence-corrected chi connectivity index (χ2v) is 23.3. The molecule has 5 fully saturated rings. The molecule has 4 aliphatic carbocycles. The number of benzene rings is 1. The van der Waals surface area contributed by atoms with Crippen LogP contribution >= 0.6 is 7.60 Å². The van der Waals surface area contributed by atoms with E-state index in [9.17, 15) is 37.2 Å². The van der Waals surface area contributed by atoms with Crippen molar-refractivity contribution in [3.05, 3.63) is 54.6 Å².